The molecule has 1 aromatic heterocycles. The highest BCUT2D eigenvalue weighted by molar-refractivity contribution is 6.33. The van der Waals surface area contributed by atoms with Crippen LogP contribution in [0.15, 0.2) is 29.2 Å². The fraction of sp³-hybridized carbons (Fsp3) is 0. The molecule has 6 heteroatoms. The fourth-order valence-corrected chi connectivity index (χ4v) is 1.53. The summed E-state index contributed by atoms with van der Waals surface area (Å²) in [6.45, 7) is 0. The van der Waals surface area contributed by atoms with Crippen molar-refractivity contribution in [3.8, 4) is 11.3 Å². The van der Waals surface area contributed by atoms with Crippen LogP contribution in [-0.2, 0) is 0 Å². The van der Waals surface area contributed by atoms with Crippen LogP contribution in [0.25, 0.3) is 11.3 Å². The number of halogens is 3. The first-order valence-corrected chi connectivity index (χ1v) is 4.66. The molecule has 2 aromatic rings. The Hall–Kier alpha value is -1.75. The van der Waals surface area contributed by atoms with Crippen molar-refractivity contribution >= 4 is 11.6 Å². The van der Waals surface area contributed by atoms with Crippen molar-refractivity contribution in [2.24, 2.45) is 0 Å². The molecule has 1 heterocycles. The van der Waals surface area contributed by atoms with Gasteiger partial charge in [0.1, 0.15) is 5.82 Å². The van der Waals surface area contributed by atoms with Gasteiger partial charge in [-0.3, -0.25) is 0 Å². The maximum atomic E-state index is 13.4. The van der Waals surface area contributed by atoms with Crippen LogP contribution >= 0.6 is 11.6 Å². The third kappa shape index (κ3) is 1.94. The Balaban J connectivity index is 2.67. The summed E-state index contributed by atoms with van der Waals surface area (Å²) in [7, 11) is 0. The van der Waals surface area contributed by atoms with Gasteiger partial charge in [0.05, 0.1) is 16.9 Å². The smallest absolute Gasteiger partial charge is 0.303 e. The van der Waals surface area contributed by atoms with Crippen molar-refractivity contribution in [1.29, 1.82) is 0 Å². The molecule has 0 bridgehead atoms. The number of rotatable bonds is 1. The summed E-state index contributed by atoms with van der Waals surface area (Å²) in [5.41, 5.74) is -0.596. The number of benzene rings is 1. The molecule has 0 unspecified atom stereocenters. The van der Waals surface area contributed by atoms with Crippen LogP contribution in [0.1, 0.15) is 0 Å². The van der Waals surface area contributed by atoms with Gasteiger partial charge in [0.25, 0.3) is 0 Å². The van der Waals surface area contributed by atoms with E-state index in [9.17, 15) is 13.6 Å². The topological polar surface area (TPSA) is 45.8 Å². The lowest BCUT2D eigenvalue weighted by molar-refractivity contribution is 0.614. The van der Waals surface area contributed by atoms with E-state index in [1.54, 1.807) is 0 Å². The first-order valence-electron chi connectivity index (χ1n) is 4.28. The molecule has 1 aromatic carbocycles. The second-order valence-corrected chi connectivity index (χ2v) is 3.44. The van der Waals surface area contributed by atoms with Gasteiger partial charge in [-0.1, -0.05) is 11.6 Å². The minimum atomic E-state index is -0.729. The molecule has 0 saturated carbocycles. The minimum Gasteiger partial charge on any atom is -0.303 e. The van der Waals surface area contributed by atoms with Gasteiger partial charge in [0.15, 0.2) is 5.82 Å². The lowest BCUT2D eigenvalue weighted by Crippen LogP contribution is -2.11. The van der Waals surface area contributed by atoms with Crippen molar-refractivity contribution in [3.63, 3.8) is 0 Å². The predicted octanol–water partition coefficient (Wildman–Crippen LogP) is 2.37. The van der Waals surface area contributed by atoms with Gasteiger partial charge in [-0.2, -0.15) is 4.98 Å². The monoisotopic (exact) mass is 242 g/mol. The summed E-state index contributed by atoms with van der Waals surface area (Å²) in [5.74, 6) is -1.27. The summed E-state index contributed by atoms with van der Waals surface area (Å²) < 4.78 is 26.1. The Kier molecular flexibility index (Phi) is 2.70. The number of nitrogens with zero attached hydrogens (tertiary/aromatic N) is 1. The van der Waals surface area contributed by atoms with Crippen molar-refractivity contribution in [2.45, 2.75) is 0 Å². The molecule has 0 aliphatic carbocycles. The molecule has 0 aliphatic rings. The summed E-state index contributed by atoms with van der Waals surface area (Å²) in [6.07, 6.45) is 0.786. The number of nitrogens with one attached hydrogen (secondary N) is 1. The van der Waals surface area contributed by atoms with Gasteiger partial charge in [-0.15, -0.1) is 0 Å². The highest BCUT2D eigenvalue weighted by Gasteiger charge is 2.11. The van der Waals surface area contributed by atoms with Crippen LogP contribution in [0.3, 0.4) is 0 Å². The van der Waals surface area contributed by atoms with E-state index in [1.165, 1.54) is 6.07 Å². The first-order chi connectivity index (χ1) is 7.58. The van der Waals surface area contributed by atoms with E-state index in [0.717, 1.165) is 18.3 Å². The second-order valence-electron chi connectivity index (χ2n) is 3.04. The molecular weight excluding hydrogens is 238 g/mol. The molecule has 3 nitrogen and oxygen atoms in total. The lowest BCUT2D eigenvalue weighted by Gasteiger charge is -2.04. The fourth-order valence-electron chi connectivity index (χ4n) is 1.27. The third-order valence-corrected chi connectivity index (χ3v) is 2.28. The van der Waals surface area contributed by atoms with Gasteiger partial charge in [-0.05, 0) is 18.2 Å². The molecule has 0 saturated heterocycles. The minimum absolute atomic E-state index is 0.0146. The number of aromatic nitrogens is 2. The molecule has 0 amide bonds. The molecule has 0 aliphatic heterocycles. The van der Waals surface area contributed by atoms with Crippen LogP contribution in [0, 0.1) is 11.6 Å². The Morgan fingerprint density at radius 1 is 1.31 bits per heavy atom. The van der Waals surface area contributed by atoms with Crippen LogP contribution < -0.4 is 5.69 Å². The Bertz CT molecular complexity index is 598. The largest absolute Gasteiger partial charge is 0.345 e. The van der Waals surface area contributed by atoms with E-state index in [-0.39, 0.29) is 16.3 Å². The van der Waals surface area contributed by atoms with Crippen molar-refractivity contribution in [1.82, 2.24) is 9.97 Å². The lowest BCUT2D eigenvalue weighted by atomic mass is 10.1. The molecule has 2 rings (SSSR count). The molecule has 0 radical (unpaired) electrons. The molecule has 0 spiro atoms. The van der Waals surface area contributed by atoms with E-state index in [1.807, 2.05) is 0 Å². The van der Waals surface area contributed by atoms with Gasteiger partial charge in [-0.25, -0.2) is 13.6 Å². The number of H-pyrrole nitrogens is 1. The van der Waals surface area contributed by atoms with E-state index in [4.69, 9.17) is 11.6 Å². The number of hydrogen-bond acceptors (Lipinski definition) is 2. The zero-order chi connectivity index (χ0) is 11.7. The molecule has 16 heavy (non-hydrogen) atoms. The molecule has 0 fully saturated rings. The zero-order valence-corrected chi connectivity index (χ0v) is 8.55. The summed E-state index contributed by atoms with van der Waals surface area (Å²) >= 11 is 5.74. The Morgan fingerprint density at radius 3 is 2.75 bits per heavy atom. The van der Waals surface area contributed by atoms with E-state index in [0.29, 0.717) is 0 Å². The quantitative estimate of drug-likeness (QED) is 0.834. The summed E-state index contributed by atoms with van der Waals surface area (Å²) in [4.78, 5) is 16.4. The third-order valence-electron chi connectivity index (χ3n) is 1.97. The summed E-state index contributed by atoms with van der Waals surface area (Å²) in [5, 5.41) is 0.0146. The molecule has 1 N–H and O–H groups in total. The van der Waals surface area contributed by atoms with Crippen LogP contribution in [-0.4, -0.2) is 9.97 Å². The zero-order valence-electron chi connectivity index (χ0n) is 7.80. The average Bonchev–Trinajstić information content (AvgIpc) is 2.22. The van der Waals surface area contributed by atoms with Crippen LogP contribution in [0.2, 0.25) is 5.02 Å². The second kappa shape index (κ2) is 4.02. The van der Waals surface area contributed by atoms with Gasteiger partial charge >= 0.3 is 5.69 Å². The van der Waals surface area contributed by atoms with Crippen molar-refractivity contribution in [3.05, 3.63) is 51.5 Å². The maximum Gasteiger partial charge on any atom is 0.345 e. The number of hydrogen-bond donors (Lipinski definition) is 1. The Morgan fingerprint density at radius 2 is 2.06 bits per heavy atom. The maximum absolute atomic E-state index is 13.4. The van der Waals surface area contributed by atoms with Gasteiger partial charge < -0.3 is 4.98 Å². The first kappa shape index (κ1) is 10.8. The van der Waals surface area contributed by atoms with Gasteiger partial charge in [0.2, 0.25) is 0 Å². The molecule has 82 valence electrons. The van der Waals surface area contributed by atoms with Crippen molar-refractivity contribution < 1.29 is 8.78 Å². The number of aromatic amines is 1. The van der Waals surface area contributed by atoms with Crippen LogP contribution in [0.4, 0.5) is 8.78 Å². The van der Waals surface area contributed by atoms with E-state index >= 15 is 0 Å². The molecule has 0 atom stereocenters. The molecular formula is C10H5ClF2N2O. The van der Waals surface area contributed by atoms with Crippen LogP contribution in [0.5, 0.6) is 0 Å². The van der Waals surface area contributed by atoms with E-state index in [2.05, 4.69) is 9.97 Å². The average molecular weight is 243 g/mol. The highest BCUT2D eigenvalue weighted by atomic mass is 35.5. The summed E-state index contributed by atoms with van der Waals surface area (Å²) in [6, 6.07) is 3.44. The van der Waals surface area contributed by atoms with Crippen molar-refractivity contribution in [2.75, 3.05) is 0 Å². The highest BCUT2D eigenvalue weighted by Crippen LogP contribution is 2.27. The van der Waals surface area contributed by atoms with E-state index < -0.39 is 17.3 Å². The predicted molar refractivity (Wildman–Crippen MR) is 55.2 cm³/mol. The van der Waals surface area contributed by atoms with Gasteiger partial charge in [0, 0.05) is 5.56 Å². The standard InChI is InChI=1S/C10H5ClF2N2O/c11-7-3-5(12)1-2-6(7)9-8(13)4-14-10(16)15-9/h1-4H,(H,14,15,16). The Labute approximate surface area is 93.7 Å². The normalized spacial score (nSPS) is 10.4. The SMILES string of the molecule is O=c1ncc(F)c(-c2ccc(F)cc2Cl)[nH]1.